The zero-order valence-corrected chi connectivity index (χ0v) is 13.2. The maximum absolute atomic E-state index is 5.85. The van der Waals surface area contributed by atoms with Gasteiger partial charge in [-0.25, -0.2) is 0 Å². The Bertz CT molecular complexity index is 611. The normalized spacial score (nSPS) is 20.2. The van der Waals surface area contributed by atoms with Gasteiger partial charge < -0.3 is 0 Å². The van der Waals surface area contributed by atoms with Gasteiger partial charge in [0.15, 0.2) is 0 Å². The van der Waals surface area contributed by atoms with Gasteiger partial charge in [-0.05, 0) is 0 Å². The van der Waals surface area contributed by atoms with Crippen molar-refractivity contribution in [2.45, 2.75) is 23.2 Å². The molecular formula is C17H17NOSe. The molecule has 0 aromatic heterocycles. The van der Waals surface area contributed by atoms with Crippen LogP contribution in [0, 0.1) is 0 Å². The van der Waals surface area contributed by atoms with Crippen LogP contribution in [0.5, 0.6) is 0 Å². The van der Waals surface area contributed by atoms with Crippen LogP contribution in [0.3, 0.4) is 0 Å². The Morgan fingerprint density at radius 1 is 1.05 bits per heavy atom. The average molecular weight is 330 g/mol. The van der Waals surface area contributed by atoms with Crippen LogP contribution in [-0.2, 0) is 15.7 Å². The van der Waals surface area contributed by atoms with Gasteiger partial charge in [0.25, 0.3) is 0 Å². The molecule has 1 atom stereocenters. The van der Waals surface area contributed by atoms with Crippen LogP contribution in [0.15, 0.2) is 59.6 Å². The molecule has 1 aliphatic rings. The van der Waals surface area contributed by atoms with Crippen molar-refractivity contribution in [3.05, 3.63) is 65.7 Å². The molecule has 2 nitrogen and oxygen atoms in total. The van der Waals surface area contributed by atoms with Crippen molar-refractivity contribution >= 4 is 27.0 Å². The fourth-order valence-corrected chi connectivity index (χ4v) is 4.74. The maximum atomic E-state index is 5.85. The molecule has 102 valence electrons. The van der Waals surface area contributed by atoms with Crippen molar-refractivity contribution in [1.82, 2.24) is 0 Å². The fourth-order valence-electron chi connectivity index (χ4n) is 2.35. The van der Waals surface area contributed by atoms with E-state index in [1.807, 2.05) is 6.07 Å². The summed E-state index contributed by atoms with van der Waals surface area (Å²) in [6.07, 6.45) is 1.60. The van der Waals surface area contributed by atoms with E-state index in [1.165, 1.54) is 11.1 Å². The molecular weight excluding hydrogens is 313 g/mol. The SMILES string of the molecule is CC1(C[Se]Cc2ccccc2)OC=Nc2ccccc21. The van der Waals surface area contributed by atoms with Crippen molar-refractivity contribution in [3.63, 3.8) is 0 Å². The number of aliphatic imine (C=N–C) groups is 1. The predicted octanol–water partition coefficient (Wildman–Crippen LogP) is 3.91. The number of benzene rings is 2. The molecule has 0 amide bonds. The number of hydrogen-bond donors (Lipinski definition) is 0. The third-order valence-electron chi connectivity index (χ3n) is 3.47. The van der Waals surface area contributed by atoms with Gasteiger partial charge in [0.05, 0.1) is 0 Å². The van der Waals surface area contributed by atoms with Gasteiger partial charge in [0, 0.05) is 0 Å². The van der Waals surface area contributed by atoms with Crippen LogP contribution in [-0.4, -0.2) is 21.4 Å². The van der Waals surface area contributed by atoms with E-state index in [4.69, 9.17) is 4.74 Å². The first-order valence-electron chi connectivity index (χ1n) is 6.69. The standard InChI is InChI=1S/C17H17NOSe/c1-17(12-20-11-14-7-3-2-4-8-14)15-9-5-6-10-16(15)18-13-19-17/h2-10,13H,11-12H2,1H3. The second-order valence-corrected chi connectivity index (χ2v) is 7.15. The molecule has 0 radical (unpaired) electrons. The Hall–Kier alpha value is -1.57. The quantitative estimate of drug-likeness (QED) is 0.779. The van der Waals surface area contributed by atoms with Crippen molar-refractivity contribution in [2.75, 3.05) is 0 Å². The van der Waals surface area contributed by atoms with Gasteiger partial charge in [-0.1, -0.05) is 0 Å². The Kier molecular flexibility index (Phi) is 3.90. The summed E-state index contributed by atoms with van der Waals surface area (Å²) in [6.45, 7) is 2.17. The predicted molar refractivity (Wildman–Crippen MR) is 83.7 cm³/mol. The molecule has 0 bridgehead atoms. The van der Waals surface area contributed by atoms with Crippen molar-refractivity contribution in [3.8, 4) is 0 Å². The molecule has 2 aromatic rings. The van der Waals surface area contributed by atoms with Crippen LogP contribution in [0.1, 0.15) is 18.1 Å². The number of hydrogen-bond acceptors (Lipinski definition) is 2. The Balaban J connectivity index is 1.69. The molecule has 0 spiro atoms. The van der Waals surface area contributed by atoms with E-state index < -0.39 is 0 Å². The zero-order valence-electron chi connectivity index (χ0n) is 11.5. The molecule has 1 unspecified atom stereocenters. The van der Waals surface area contributed by atoms with Crippen LogP contribution >= 0.6 is 0 Å². The van der Waals surface area contributed by atoms with Crippen LogP contribution < -0.4 is 0 Å². The van der Waals surface area contributed by atoms with E-state index in [0.29, 0.717) is 15.0 Å². The monoisotopic (exact) mass is 331 g/mol. The second-order valence-electron chi connectivity index (χ2n) is 5.08. The molecule has 0 aliphatic carbocycles. The van der Waals surface area contributed by atoms with Crippen LogP contribution in [0.4, 0.5) is 5.69 Å². The minimum absolute atomic E-state index is 0.229. The van der Waals surface area contributed by atoms with Gasteiger partial charge in [-0.15, -0.1) is 0 Å². The molecule has 0 saturated carbocycles. The van der Waals surface area contributed by atoms with E-state index in [1.54, 1.807) is 6.40 Å². The first kappa shape index (κ1) is 13.4. The first-order valence-corrected chi connectivity index (χ1v) is 9.12. The summed E-state index contributed by atoms with van der Waals surface area (Å²) >= 11 is 0.508. The molecule has 20 heavy (non-hydrogen) atoms. The van der Waals surface area contributed by atoms with E-state index in [0.717, 1.165) is 16.3 Å². The summed E-state index contributed by atoms with van der Waals surface area (Å²) in [5.41, 5.74) is 3.43. The van der Waals surface area contributed by atoms with E-state index in [-0.39, 0.29) is 5.60 Å². The number of para-hydroxylation sites is 1. The summed E-state index contributed by atoms with van der Waals surface area (Å²) in [5, 5.41) is 2.20. The summed E-state index contributed by atoms with van der Waals surface area (Å²) < 4.78 is 5.85. The molecule has 0 saturated heterocycles. The Morgan fingerprint density at radius 3 is 2.65 bits per heavy atom. The van der Waals surface area contributed by atoms with E-state index >= 15 is 0 Å². The Labute approximate surface area is 126 Å². The van der Waals surface area contributed by atoms with Crippen LogP contribution in [0.2, 0.25) is 5.32 Å². The Morgan fingerprint density at radius 2 is 1.80 bits per heavy atom. The molecule has 1 heterocycles. The van der Waals surface area contributed by atoms with Gasteiger partial charge >= 0.3 is 126 Å². The summed E-state index contributed by atoms with van der Waals surface area (Å²) in [6, 6.07) is 18.9. The van der Waals surface area contributed by atoms with Gasteiger partial charge in [0.1, 0.15) is 0 Å². The molecule has 0 N–H and O–H groups in total. The second kappa shape index (κ2) is 5.82. The number of fused-ring (bicyclic) bond motifs is 1. The van der Waals surface area contributed by atoms with Gasteiger partial charge in [-0.2, -0.15) is 0 Å². The number of nitrogens with zero attached hydrogens (tertiary/aromatic N) is 1. The number of ether oxygens (including phenoxy) is 1. The summed E-state index contributed by atoms with van der Waals surface area (Å²) in [5.74, 6) is 0. The summed E-state index contributed by atoms with van der Waals surface area (Å²) in [4.78, 5) is 4.31. The first-order chi connectivity index (χ1) is 9.78. The zero-order chi connectivity index (χ0) is 13.8. The van der Waals surface area contributed by atoms with Gasteiger partial charge in [0.2, 0.25) is 0 Å². The third kappa shape index (κ3) is 2.79. The van der Waals surface area contributed by atoms with E-state index in [9.17, 15) is 0 Å². The van der Waals surface area contributed by atoms with Crippen molar-refractivity contribution in [2.24, 2.45) is 4.99 Å². The molecule has 0 fully saturated rings. The van der Waals surface area contributed by atoms with Gasteiger partial charge in [-0.3, -0.25) is 0 Å². The van der Waals surface area contributed by atoms with E-state index in [2.05, 4.69) is 60.4 Å². The molecule has 1 aliphatic heterocycles. The molecule has 3 heteroatoms. The average Bonchev–Trinajstić information content (AvgIpc) is 2.49. The third-order valence-corrected chi connectivity index (χ3v) is 6.18. The number of rotatable bonds is 4. The van der Waals surface area contributed by atoms with Crippen molar-refractivity contribution in [1.29, 1.82) is 0 Å². The van der Waals surface area contributed by atoms with Crippen molar-refractivity contribution < 1.29 is 4.74 Å². The molecule has 2 aromatic carbocycles. The molecule has 3 rings (SSSR count). The van der Waals surface area contributed by atoms with Crippen LogP contribution in [0.25, 0.3) is 0 Å². The summed E-state index contributed by atoms with van der Waals surface area (Å²) in [7, 11) is 0. The topological polar surface area (TPSA) is 21.6 Å². The minimum atomic E-state index is -0.229. The fraction of sp³-hybridized carbons (Fsp3) is 0.235.